The molecule has 0 saturated heterocycles. The first kappa shape index (κ1) is 22.5. The highest BCUT2D eigenvalue weighted by Crippen LogP contribution is 2.40. The number of hydrogen-bond acceptors (Lipinski definition) is 5. The molecule has 0 aliphatic rings. The summed E-state index contributed by atoms with van der Waals surface area (Å²) in [5.41, 5.74) is 4.22. The summed E-state index contributed by atoms with van der Waals surface area (Å²) in [6, 6.07) is 29.0. The minimum Gasteiger partial charge on any atom is -0.282 e. The summed E-state index contributed by atoms with van der Waals surface area (Å²) >= 11 is 0. The summed E-state index contributed by atoms with van der Waals surface area (Å²) < 4.78 is 35.5. The first-order valence-electron chi connectivity index (χ1n) is 10.0. The van der Waals surface area contributed by atoms with Gasteiger partial charge in [-0.15, -0.1) is 0 Å². The molecule has 7 heteroatoms. The molecule has 0 fully saturated rings. The lowest BCUT2D eigenvalue weighted by Crippen LogP contribution is -2.04. The van der Waals surface area contributed by atoms with Gasteiger partial charge in [0.05, 0.1) is 34.9 Å². The van der Waals surface area contributed by atoms with Crippen LogP contribution in [0.4, 0.5) is 0 Å². The van der Waals surface area contributed by atoms with Gasteiger partial charge in [-0.2, -0.15) is 24.2 Å². The van der Waals surface area contributed by atoms with Crippen LogP contribution in [0.1, 0.15) is 16.7 Å². The van der Waals surface area contributed by atoms with Gasteiger partial charge in [0.2, 0.25) is 0 Å². The summed E-state index contributed by atoms with van der Waals surface area (Å²) in [5.74, 6) is 0. The van der Waals surface area contributed by atoms with Crippen LogP contribution in [-0.2, 0) is 10.1 Å². The Morgan fingerprint density at radius 2 is 0.853 bits per heavy atom. The normalized spacial score (nSPS) is 10.6. The molecule has 1 N–H and O–H groups in total. The van der Waals surface area contributed by atoms with E-state index in [9.17, 15) is 13.0 Å². The van der Waals surface area contributed by atoms with Gasteiger partial charge in [0, 0.05) is 11.1 Å². The quantitative estimate of drug-likeness (QED) is 0.397. The Bertz CT molecular complexity index is 1540. The third-order valence-electron chi connectivity index (χ3n) is 5.34. The van der Waals surface area contributed by atoms with Crippen LogP contribution in [0.3, 0.4) is 0 Å². The first-order valence-corrected chi connectivity index (χ1v) is 11.4. The van der Waals surface area contributed by atoms with Gasteiger partial charge >= 0.3 is 0 Å². The Kier molecular flexibility index (Phi) is 5.95. The lowest BCUT2D eigenvalue weighted by atomic mass is 9.92. The smallest absolute Gasteiger partial charge is 0.282 e. The summed E-state index contributed by atoms with van der Waals surface area (Å²) in [5, 5.41) is 27.4. The van der Waals surface area contributed by atoms with Crippen LogP contribution in [0.25, 0.3) is 33.4 Å². The van der Waals surface area contributed by atoms with E-state index in [-0.39, 0.29) is 16.0 Å². The first-order chi connectivity index (χ1) is 16.3. The van der Waals surface area contributed by atoms with Crippen molar-refractivity contribution in [3.63, 3.8) is 0 Å². The zero-order valence-electron chi connectivity index (χ0n) is 17.6. The minimum absolute atomic E-state index is 0.258. The van der Waals surface area contributed by atoms with Crippen LogP contribution < -0.4 is 0 Å². The maximum Gasteiger partial charge on any atom is 0.295 e. The zero-order valence-corrected chi connectivity index (χ0v) is 18.4. The van der Waals surface area contributed by atoms with Gasteiger partial charge in [-0.25, -0.2) is 0 Å². The Hall–Kier alpha value is -4.74. The second-order valence-electron chi connectivity index (χ2n) is 7.44. The fraction of sp³-hybridized carbons (Fsp3) is 0. The van der Waals surface area contributed by atoms with Crippen molar-refractivity contribution in [1.29, 1.82) is 15.8 Å². The standard InChI is InChI=1S/C27H15N3O3S/c28-15-18-1-7-21(8-2-18)24-13-25(22-9-3-19(16-29)4-10-22)27(34(31,32)33)26(14-24)23-11-5-20(17-30)6-12-23/h1-14H,(H,31,32,33). The highest BCUT2D eigenvalue weighted by molar-refractivity contribution is 7.86. The van der Waals surface area contributed by atoms with Crippen molar-refractivity contribution in [2.75, 3.05) is 0 Å². The van der Waals surface area contributed by atoms with Gasteiger partial charge in [-0.3, -0.25) is 4.55 Å². The molecule has 0 bridgehead atoms. The number of nitrogens with zero attached hydrogens (tertiary/aromatic N) is 3. The molecule has 0 aliphatic heterocycles. The van der Waals surface area contributed by atoms with Crippen molar-refractivity contribution in [2.24, 2.45) is 0 Å². The number of rotatable bonds is 4. The molecule has 6 nitrogen and oxygen atoms in total. The van der Waals surface area contributed by atoms with Crippen molar-refractivity contribution >= 4 is 10.1 Å². The van der Waals surface area contributed by atoms with Gasteiger partial charge in [0.25, 0.3) is 10.1 Å². The molecule has 0 saturated carbocycles. The molecule has 0 aromatic heterocycles. The third kappa shape index (κ3) is 4.41. The molecule has 0 unspecified atom stereocenters. The van der Waals surface area contributed by atoms with Gasteiger partial charge in [-0.05, 0) is 70.8 Å². The van der Waals surface area contributed by atoms with Crippen molar-refractivity contribution < 1.29 is 13.0 Å². The number of hydrogen-bond donors (Lipinski definition) is 1. The topological polar surface area (TPSA) is 126 Å². The lowest BCUT2D eigenvalue weighted by molar-refractivity contribution is 0.484. The molecule has 0 spiro atoms. The van der Waals surface area contributed by atoms with Gasteiger partial charge < -0.3 is 0 Å². The molecule has 0 amide bonds. The van der Waals surface area contributed by atoms with E-state index in [1.807, 2.05) is 12.1 Å². The number of nitriles is 3. The molecule has 162 valence electrons. The highest BCUT2D eigenvalue weighted by atomic mass is 32.2. The average molecular weight is 462 g/mol. The maximum absolute atomic E-state index is 12.6. The van der Waals surface area contributed by atoms with Gasteiger partial charge in [0.1, 0.15) is 4.90 Å². The highest BCUT2D eigenvalue weighted by Gasteiger charge is 2.24. The van der Waals surface area contributed by atoms with Crippen molar-refractivity contribution in [3.8, 4) is 51.6 Å². The third-order valence-corrected chi connectivity index (χ3v) is 6.30. The van der Waals surface area contributed by atoms with E-state index in [4.69, 9.17) is 15.8 Å². The van der Waals surface area contributed by atoms with E-state index >= 15 is 0 Å². The van der Waals surface area contributed by atoms with E-state index in [0.717, 1.165) is 5.56 Å². The lowest BCUT2D eigenvalue weighted by Gasteiger charge is -2.17. The van der Waals surface area contributed by atoms with E-state index in [2.05, 4.69) is 6.07 Å². The van der Waals surface area contributed by atoms with E-state index < -0.39 is 10.1 Å². The molecule has 0 radical (unpaired) electrons. The predicted molar refractivity (Wildman–Crippen MR) is 127 cm³/mol. The predicted octanol–water partition coefficient (Wildman–Crippen LogP) is 5.55. The van der Waals surface area contributed by atoms with Gasteiger partial charge in [-0.1, -0.05) is 36.4 Å². The van der Waals surface area contributed by atoms with E-state index in [1.54, 1.807) is 84.9 Å². The van der Waals surface area contributed by atoms with Gasteiger partial charge in [0.15, 0.2) is 0 Å². The molecule has 4 aromatic carbocycles. The summed E-state index contributed by atoms with van der Waals surface area (Å²) in [4.78, 5) is -0.278. The molecule has 34 heavy (non-hydrogen) atoms. The fourth-order valence-electron chi connectivity index (χ4n) is 3.69. The van der Waals surface area contributed by atoms with Crippen LogP contribution in [0.2, 0.25) is 0 Å². The summed E-state index contributed by atoms with van der Waals surface area (Å²) in [7, 11) is -4.67. The summed E-state index contributed by atoms with van der Waals surface area (Å²) in [6.07, 6.45) is 0. The molecule has 0 aliphatic carbocycles. The molecular formula is C27H15N3O3S. The van der Waals surface area contributed by atoms with Crippen LogP contribution in [0, 0.1) is 34.0 Å². The molecule has 4 aromatic rings. The van der Waals surface area contributed by atoms with Crippen LogP contribution in [0.5, 0.6) is 0 Å². The fourth-order valence-corrected chi connectivity index (χ4v) is 4.60. The monoisotopic (exact) mass is 461 g/mol. The van der Waals surface area contributed by atoms with Crippen molar-refractivity contribution in [1.82, 2.24) is 0 Å². The van der Waals surface area contributed by atoms with Crippen molar-refractivity contribution in [2.45, 2.75) is 4.90 Å². The van der Waals surface area contributed by atoms with Crippen molar-refractivity contribution in [3.05, 3.63) is 102 Å². The van der Waals surface area contributed by atoms with E-state index in [1.165, 1.54) is 0 Å². The Morgan fingerprint density at radius 1 is 0.529 bits per heavy atom. The second kappa shape index (κ2) is 9.02. The Morgan fingerprint density at radius 3 is 1.15 bits per heavy atom. The zero-order chi connectivity index (χ0) is 24.3. The maximum atomic E-state index is 12.6. The minimum atomic E-state index is -4.67. The average Bonchev–Trinajstić information content (AvgIpc) is 2.87. The Balaban J connectivity index is 2.07. The second-order valence-corrected chi connectivity index (χ2v) is 8.80. The molecule has 0 heterocycles. The SMILES string of the molecule is N#Cc1ccc(-c2cc(-c3ccc(C#N)cc3)c(S(=O)(=O)O)c(-c3ccc(C#N)cc3)c2)cc1. The summed E-state index contributed by atoms with van der Waals surface area (Å²) in [6.45, 7) is 0. The largest absolute Gasteiger partial charge is 0.295 e. The van der Waals surface area contributed by atoms with Crippen LogP contribution in [0.15, 0.2) is 89.8 Å². The Labute approximate surface area is 197 Å². The number of benzene rings is 4. The molecule has 4 rings (SSSR count). The van der Waals surface area contributed by atoms with Crippen LogP contribution in [-0.4, -0.2) is 13.0 Å². The molecular weight excluding hydrogens is 446 g/mol. The van der Waals surface area contributed by atoms with Crippen LogP contribution >= 0.6 is 0 Å². The molecule has 0 atom stereocenters. The van der Waals surface area contributed by atoms with E-state index in [0.29, 0.717) is 33.4 Å².